The van der Waals surface area contributed by atoms with E-state index in [0.29, 0.717) is 17.1 Å². The van der Waals surface area contributed by atoms with Gasteiger partial charge in [-0.25, -0.2) is 9.97 Å². The predicted octanol–water partition coefficient (Wildman–Crippen LogP) is 6.09. The van der Waals surface area contributed by atoms with Crippen molar-refractivity contribution in [1.29, 1.82) is 0 Å². The molecule has 5 rings (SSSR count). The van der Waals surface area contributed by atoms with Crippen LogP contribution in [0.4, 0.5) is 5.82 Å². The maximum absolute atomic E-state index is 6.71. The Hall–Kier alpha value is -2.85. The van der Waals surface area contributed by atoms with Gasteiger partial charge in [0, 0.05) is 73.4 Å². The Morgan fingerprint density at radius 2 is 1.82 bits per heavy atom. The number of hydrogen-bond acceptors (Lipinski definition) is 5. The average Bonchev–Trinajstić information content (AvgIpc) is 3.48. The highest BCUT2D eigenvalue weighted by Gasteiger charge is 2.34. The van der Waals surface area contributed by atoms with Crippen molar-refractivity contribution in [2.75, 3.05) is 37.6 Å². The number of piperidine rings is 1. The molecule has 1 N–H and O–H groups in total. The largest absolute Gasteiger partial charge is 0.353 e. The molecule has 206 valence electrons. The van der Waals surface area contributed by atoms with Crippen LogP contribution in [0.15, 0.2) is 48.9 Å². The molecular formula is C32H41ClN6. The highest BCUT2D eigenvalue weighted by molar-refractivity contribution is 6.33. The van der Waals surface area contributed by atoms with E-state index in [1.165, 1.54) is 18.4 Å². The maximum Gasteiger partial charge on any atom is 0.147 e. The summed E-state index contributed by atoms with van der Waals surface area (Å²) in [5.74, 6) is 8.31. The summed E-state index contributed by atoms with van der Waals surface area (Å²) < 4.78 is 0. The van der Waals surface area contributed by atoms with Crippen LogP contribution < -0.4 is 4.90 Å². The minimum absolute atomic E-state index is 0.0305. The molecule has 2 saturated heterocycles. The first-order valence-electron chi connectivity index (χ1n) is 14.3. The number of hydrogen-bond donors (Lipinski definition) is 1. The lowest BCUT2D eigenvalue weighted by Gasteiger charge is -2.47. The third-order valence-corrected chi connectivity index (χ3v) is 8.14. The molecule has 6 nitrogen and oxygen atoms in total. The Labute approximate surface area is 238 Å². The van der Waals surface area contributed by atoms with Gasteiger partial charge in [-0.05, 0) is 76.9 Å². The van der Waals surface area contributed by atoms with E-state index in [1.807, 2.05) is 18.5 Å². The molecule has 2 aliphatic rings. The number of H-pyrrole nitrogens is 1. The van der Waals surface area contributed by atoms with E-state index in [-0.39, 0.29) is 5.41 Å². The Bertz CT molecular complexity index is 1280. The smallest absolute Gasteiger partial charge is 0.147 e. The number of nitrogens with zero attached hydrogens (tertiary/aromatic N) is 5. The zero-order valence-corrected chi connectivity index (χ0v) is 24.5. The standard InChI is InChI=1S/C32H41ClN6/c1-5-27-23-38(31-29(33)20-26(21-36-31)30-34-14-15-35-30)18-19-39(27)28-11-16-37(17-12-28)22-25-8-6-24(7-9-25)10-13-32(2,3)4/h6-9,14-15,20-21,27-28H,5,11-12,16-19,22-23H2,1-4H3,(H,34,35)/t27-/m0/s1. The van der Waals surface area contributed by atoms with E-state index in [2.05, 4.69) is 88.5 Å². The first-order valence-corrected chi connectivity index (χ1v) is 14.7. The summed E-state index contributed by atoms with van der Waals surface area (Å²) in [7, 11) is 0. The van der Waals surface area contributed by atoms with Crippen molar-refractivity contribution < 1.29 is 0 Å². The first kappa shape index (κ1) is 27.7. The van der Waals surface area contributed by atoms with Crippen molar-refractivity contribution in [3.05, 3.63) is 65.1 Å². The Morgan fingerprint density at radius 1 is 1.05 bits per heavy atom. The number of benzene rings is 1. The Morgan fingerprint density at radius 3 is 2.46 bits per heavy atom. The lowest BCUT2D eigenvalue weighted by molar-refractivity contribution is 0.0610. The van der Waals surface area contributed by atoms with Gasteiger partial charge in [-0.1, -0.05) is 42.5 Å². The molecule has 2 fully saturated rings. The molecule has 2 aliphatic heterocycles. The van der Waals surface area contributed by atoms with Gasteiger partial charge in [-0.15, -0.1) is 0 Å². The number of piperazine rings is 1. The van der Waals surface area contributed by atoms with Crippen LogP contribution in [0.5, 0.6) is 0 Å². The minimum atomic E-state index is 0.0305. The molecule has 3 aromatic rings. The van der Waals surface area contributed by atoms with Gasteiger partial charge in [-0.2, -0.15) is 0 Å². The molecule has 0 amide bonds. The van der Waals surface area contributed by atoms with Gasteiger partial charge in [0.25, 0.3) is 0 Å². The zero-order valence-electron chi connectivity index (χ0n) is 23.8. The Balaban J connectivity index is 1.14. The number of nitrogens with one attached hydrogen (secondary N) is 1. The van der Waals surface area contributed by atoms with Crippen LogP contribution in [0, 0.1) is 17.3 Å². The van der Waals surface area contributed by atoms with E-state index in [1.54, 1.807) is 6.20 Å². The maximum atomic E-state index is 6.71. The minimum Gasteiger partial charge on any atom is -0.353 e. The monoisotopic (exact) mass is 544 g/mol. The molecule has 2 aromatic heterocycles. The molecule has 39 heavy (non-hydrogen) atoms. The van der Waals surface area contributed by atoms with Crippen molar-refractivity contribution in [3.63, 3.8) is 0 Å². The van der Waals surface area contributed by atoms with Crippen molar-refractivity contribution in [3.8, 4) is 23.2 Å². The van der Waals surface area contributed by atoms with E-state index >= 15 is 0 Å². The molecule has 4 heterocycles. The van der Waals surface area contributed by atoms with Crippen molar-refractivity contribution in [1.82, 2.24) is 24.8 Å². The van der Waals surface area contributed by atoms with Crippen LogP contribution in [0.2, 0.25) is 5.02 Å². The van der Waals surface area contributed by atoms with Gasteiger partial charge in [0.2, 0.25) is 0 Å². The lowest BCUT2D eigenvalue weighted by atomic mass is 9.97. The molecule has 0 bridgehead atoms. The predicted molar refractivity (Wildman–Crippen MR) is 161 cm³/mol. The van der Waals surface area contributed by atoms with Gasteiger partial charge in [0.05, 0.1) is 5.02 Å². The highest BCUT2D eigenvalue weighted by atomic mass is 35.5. The molecule has 0 spiro atoms. The highest BCUT2D eigenvalue weighted by Crippen LogP contribution is 2.31. The summed E-state index contributed by atoms with van der Waals surface area (Å²) in [4.78, 5) is 19.9. The summed E-state index contributed by atoms with van der Waals surface area (Å²) in [6.07, 6.45) is 9.01. The first-order chi connectivity index (χ1) is 18.8. The second kappa shape index (κ2) is 12.1. The average molecular weight is 545 g/mol. The summed E-state index contributed by atoms with van der Waals surface area (Å²) in [5.41, 5.74) is 3.42. The van der Waals surface area contributed by atoms with Crippen LogP contribution >= 0.6 is 11.6 Å². The molecule has 1 aromatic carbocycles. The molecule has 0 aliphatic carbocycles. The fourth-order valence-corrected chi connectivity index (χ4v) is 6.03. The fraction of sp³-hybridized carbons (Fsp3) is 0.500. The van der Waals surface area contributed by atoms with Crippen LogP contribution in [-0.4, -0.2) is 69.6 Å². The molecule has 7 heteroatoms. The number of likely N-dealkylation sites (tertiary alicyclic amines) is 1. The van der Waals surface area contributed by atoms with Crippen LogP contribution in [0.1, 0.15) is 58.1 Å². The zero-order chi connectivity index (χ0) is 27.4. The van der Waals surface area contributed by atoms with E-state index in [0.717, 1.165) is 68.5 Å². The van der Waals surface area contributed by atoms with Crippen LogP contribution in [0.3, 0.4) is 0 Å². The molecular weight excluding hydrogens is 504 g/mol. The number of aromatic nitrogens is 3. The second-order valence-electron chi connectivity index (χ2n) is 11.9. The van der Waals surface area contributed by atoms with E-state index < -0.39 is 0 Å². The third kappa shape index (κ3) is 7.03. The number of anilines is 1. The SMILES string of the molecule is CC[C@H]1CN(c2ncc(-c3ncc[nH]3)cc2Cl)CCN1C1CCN(Cc2ccc(C#CC(C)(C)C)cc2)CC1. The summed E-state index contributed by atoms with van der Waals surface area (Å²) in [6, 6.07) is 11.9. The van der Waals surface area contributed by atoms with E-state index in [4.69, 9.17) is 16.6 Å². The van der Waals surface area contributed by atoms with Crippen molar-refractivity contribution in [2.45, 2.75) is 65.6 Å². The number of pyridine rings is 1. The van der Waals surface area contributed by atoms with Crippen LogP contribution in [-0.2, 0) is 6.54 Å². The van der Waals surface area contributed by atoms with Gasteiger partial charge in [-0.3, -0.25) is 9.80 Å². The number of aromatic amines is 1. The number of halogens is 1. The van der Waals surface area contributed by atoms with Crippen molar-refractivity contribution in [2.24, 2.45) is 5.41 Å². The number of imidazole rings is 1. The van der Waals surface area contributed by atoms with Gasteiger partial charge < -0.3 is 9.88 Å². The van der Waals surface area contributed by atoms with E-state index in [9.17, 15) is 0 Å². The Kier molecular flexibility index (Phi) is 8.61. The van der Waals surface area contributed by atoms with Gasteiger partial charge in [0.1, 0.15) is 11.6 Å². The lowest BCUT2D eigenvalue weighted by Crippen LogP contribution is -2.58. The molecule has 0 saturated carbocycles. The molecule has 1 atom stereocenters. The molecule has 0 unspecified atom stereocenters. The quantitative estimate of drug-likeness (QED) is 0.381. The van der Waals surface area contributed by atoms with Crippen LogP contribution in [0.25, 0.3) is 11.4 Å². The summed E-state index contributed by atoms with van der Waals surface area (Å²) in [5, 5.41) is 0.690. The second-order valence-corrected chi connectivity index (χ2v) is 12.3. The topological polar surface area (TPSA) is 51.3 Å². The fourth-order valence-electron chi connectivity index (χ4n) is 5.74. The van der Waals surface area contributed by atoms with Gasteiger partial charge >= 0.3 is 0 Å². The molecule has 0 radical (unpaired) electrons. The number of rotatable bonds is 6. The van der Waals surface area contributed by atoms with Gasteiger partial charge in [0.15, 0.2) is 0 Å². The summed E-state index contributed by atoms with van der Waals surface area (Å²) >= 11 is 6.71. The van der Waals surface area contributed by atoms with Crippen molar-refractivity contribution >= 4 is 17.4 Å². The normalized spacial score (nSPS) is 19.6. The third-order valence-electron chi connectivity index (χ3n) is 7.86. The summed E-state index contributed by atoms with van der Waals surface area (Å²) in [6.45, 7) is 15.0.